The van der Waals surface area contributed by atoms with Crippen molar-refractivity contribution in [3.63, 3.8) is 0 Å². The first kappa shape index (κ1) is 26.0. The molecule has 0 atom stereocenters. The van der Waals surface area contributed by atoms with Gasteiger partial charge in [-0.1, -0.05) is 53.6 Å². The summed E-state index contributed by atoms with van der Waals surface area (Å²) >= 11 is 6.47. The van der Waals surface area contributed by atoms with E-state index >= 15 is 0 Å². The zero-order chi connectivity index (χ0) is 26.2. The summed E-state index contributed by atoms with van der Waals surface area (Å²) in [6.45, 7) is 7.02. The Balaban J connectivity index is 1.90. The van der Waals surface area contributed by atoms with E-state index in [0.29, 0.717) is 41.0 Å². The molecule has 188 valence electrons. The Morgan fingerprint density at radius 3 is 1.92 bits per heavy atom. The number of benzene rings is 4. The summed E-state index contributed by atoms with van der Waals surface area (Å²) in [6, 6.07) is 29.8. The highest BCUT2D eigenvalue weighted by molar-refractivity contribution is 6.37. The molecule has 37 heavy (non-hydrogen) atoms. The molecule has 0 N–H and O–H groups in total. The van der Waals surface area contributed by atoms with Crippen molar-refractivity contribution in [3.05, 3.63) is 119 Å². The summed E-state index contributed by atoms with van der Waals surface area (Å²) in [5, 5.41) is 0.368. The van der Waals surface area contributed by atoms with Crippen molar-refractivity contribution in [3.8, 4) is 11.5 Å². The van der Waals surface area contributed by atoms with Crippen LogP contribution in [0.2, 0.25) is 5.02 Å². The molecule has 0 aliphatic heterocycles. The number of carbonyl (C=O) groups excluding carboxylic acids is 1. The lowest BCUT2D eigenvalue weighted by Gasteiger charge is -2.26. The topological polar surface area (TPSA) is 51.1 Å². The second-order valence-corrected chi connectivity index (χ2v) is 8.68. The van der Waals surface area contributed by atoms with E-state index in [0.717, 1.165) is 22.6 Å². The lowest BCUT2D eigenvalue weighted by molar-refractivity contribution is 0.100. The molecule has 4 rings (SSSR count). The van der Waals surface area contributed by atoms with E-state index in [4.69, 9.17) is 26.1 Å². The van der Waals surface area contributed by atoms with Crippen LogP contribution in [0.4, 0.5) is 11.4 Å². The maximum Gasteiger partial charge on any atom is 0.265 e. The molecule has 0 bridgehead atoms. The monoisotopic (exact) mass is 512 g/mol. The lowest BCUT2D eigenvalue weighted by Crippen LogP contribution is -2.38. The van der Waals surface area contributed by atoms with Gasteiger partial charge < -0.3 is 9.47 Å². The van der Waals surface area contributed by atoms with E-state index in [2.05, 4.69) is 0 Å². The van der Waals surface area contributed by atoms with E-state index in [1.807, 2.05) is 93.6 Å². The second kappa shape index (κ2) is 12.2. The zero-order valence-electron chi connectivity index (χ0n) is 21.1. The van der Waals surface area contributed by atoms with Crippen molar-refractivity contribution < 1.29 is 14.3 Å². The van der Waals surface area contributed by atoms with Crippen molar-refractivity contribution in [2.75, 3.05) is 18.1 Å². The Bertz CT molecular complexity index is 1370. The van der Waals surface area contributed by atoms with E-state index < -0.39 is 0 Å². The number of aryl methyl sites for hydroxylation is 1. The smallest absolute Gasteiger partial charge is 0.265 e. The molecule has 0 unspecified atom stereocenters. The number of rotatable bonds is 8. The third-order valence-electron chi connectivity index (χ3n) is 5.62. The SMILES string of the molecule is CCOc1ccc(N=C(c2ccc(C)cc2)N(C(=O)c2ccccc2Cl)c2ccc(OCC)cc2)cc1. The molecular formula is C31H29ClN2O3. The number of hydrogen-bond donors (Lipinski definition) is 0. The zero-order valence-corrected chi connectivity index (χ0v) is 21.9. The van der Waals surface area contributed by atoms with Crippen LogP contribution in [-0.4, -0.2) is 25.0 Å². The van der Waals surface area contributed by atoms with Crippen LogP contribution >= 0.6 is 11.6 Å². The summed E-state index contributed by atoms with van der Waals surface area (Å²) in [7, 11) is 0. The van der Waals surface area contributed by atoms with Crippen molar-refractivity contribution in [2.24, 2.45) is 4.99 Å². The van der Waals surface area contributed by atoms with Crippen LogP contribution in [0.5, 0.6) is 11.5 Å². The summed E-state index contributed by atoms with van der Waals surface area (Å²) in [5.41, 5.74) is 3.59. The molecule has 5 nitrogen and oxygen atoms in total. The van der Waals surface area contributed by atoms with Gasteiger partial charge in [0.2, 0.25) is 0 Å². The van der Waals surface area contributed by atoms with E-state index in [1.54, 1.807) is 29.2 Å². The number of aliphatic imine (C=N–C) groups is 1. The second-order valence-electron chi connectivity index (χ2n) is 8.28. The van der Waals surface area contributed by atoms with Crippen LogP contribution in [0, 0.1) is 6.92 Å². The van der Waals surface area contributed by atoms with Gasteiger partial charge in [-0.2, -0.15) is 0 Å². The molecule has 0 saturated heterocycles. The summed E-state index contributed by atoms with van der Waals surface area (Å²) < 4.78 is 11.2. The van der Waals surface area contributed by atoms with Gasteiger partial charge in [-0.3, -0.25) is 9.69 Å². The Morgan fingerprint density at radius 1 is 0.784 bits per heavy atom. The summed E-state index contributed by atoms with van der Waals surface area (Å²) in [6.07, 6.45) is 0. The number of carbonyl (C=O) groups is 1. The highest BCUT2D eigenvalue weighted by Crippen LogP contribution is 2.28. The van der Waals surface area contributed by atoms with Gasteiger partial charge in [0, 0.05) is 5.56 Å². The first-order valence-electron chi connectivity index (χ1n) is 12.2. The average Bonchev–Trinajstić information content (AvgIpc) is 2.91. The van der Waals surface area contributed by atoms with Gasteiger partial charge in [-0.25, -0.2) is 4.99 Å². The van der Waals surface area contributed by atoms with Crippen LogP contribution in [0.1, 0.15) is 35.3 Å². The van der Waals surface area contributed by atoms with Crippen LogP contribution in [0.3, 0.4) is 0 Å². The molecule has 0 saturated carbocycles. The molecule has 4 aromatic carbocycles. The molecule has 4 aromatic rings. The molecular weight excluding hydrogens is 484 g/mol. The van der Waals surface area contributed by atoms with Crippen LogP contribution in [0.25, 0.3) is 0 Å². The summed E-state index contributed by atoms with van der Waals surface area (Å²) in [4.78, 5) is 20.7. The molecule has 0 fully saturated rings. The average molecular weight is 513 g/mol. The molecule has 0 heterocycles. The van der Waals surface area contributed by atoms with Gasteiger partial charge in [0.05, 0.1) is 35.2 Å². The van der Waals surface area contributed by atoms with Gasteiger partial charge >= 0.3 is 0 Å². The van der Waals surface area contributed by atoms with Gasteiger partial charge in [0.25, 0.3) is 5.91 Å². The number of hydrogen-bond acceptors (Lipinski definition) is 4. The number of ether oxygens (including phenoxy) is 2. The van der Waals surface area contributed by atoms with E-state index in [-0.39, 0.29) is 5.91 Å². The fraction of sp³-hybridized carbons (Fsp3) is 0.161. The third-order valence-corrected chi connectivity index (χ3v) is 5.95. The van der Waals surface area contributed by atoms with Crippen LogP contribution < -0.4 is 14.4 Å². The minimum Gasteiger partial charge on any atom is -0.494 e. The maximum absolute atomic E-state index is 14.1. The van der Waals surface area contributed by atoms with Crippen molar-refractivity contribution in [2.45, 2.75) is 20.8 Å². The lowest BCUT2D eigenvalue weighted by atomic mass is 10.1. The Hall–Kier alpha value is -4.09. The third kappa shape index (κ3) is 6.38. The quantitative estimate of drug-likeness (QED) is 0.178. The Kier molecular flexibility index (Phi) is 8.60. The number of nitrogens with zero attached hydrogens (tertiary/aromatic N) is 2. The fourth-order valence-electron chi connectivity index (χ4n) is 3.80. The highest BCUT2D eigenvalue weighted by atomic mass is 35.5. The minimum absolute atomic E-state index is 0.292. The van der Waals surface area contributed by atoms with Gasteiger partial charge in [-0.15, -0.1) is 0 Å². The van der Waals surface area contributed by atoms with Crippen molar-refractivity contribution in [1.82, 2.24) is 0 Å². The summed E-state index contributed by atoms with van der Waals surface area (Å²) in [5.74, 6) is 1.66. The molecule has 0 aliphatic carbocycles. The van der Waals surface area contributed by atoms with Gasteiger partial charge in [-0.05, 0) is 81.4 Å². The first-order valence-corrected chi connectivity index (χ1v) is 12.6. The fourth-order valence-corrected chi connectivity index (χ4v) is 4.02. The molecule has 6 heteroatoms. The van der Waals surface area contributed by atoms with Gasteiger partial charge in [0.15, 0.2) is 0 Å². The van der Waals surface area contributed by atoms with Crippen molar-refractivity contribution >= 4 is 34.7 Å². The number of anilines is 1. The molecule has 0 radical (unpaired) electrons. The Morgan fingerprint density at radius 2 is 1.35 bits per heavy atom. The van der Waals surface area contributed by atoms with E-state index in [9.17, 15) is 4.79 Å². The van der Waals surface area contributed by atoms with Crippen LogP contribution in [0.15, 0.2) is 102 Å². The van der Waals surface area contributed by atoms with Crippen molar-refractivity contribution in [1.29, 1.82) is 0 Å². The number of amides is 1. The predicted octanol–water partition coefficient (Wildman–Crippen LogP) is 7.87. The highest BCUT2D eigenvalue weighted by Gasteiger charge is 2.26. The standard InChI is InChI=1S/C31H29ClN2O3/c1-4-36-26-18-14-24(15-19-26)33-30(23-12-10-22(3)11-13-23)34(25-16-20-27(21-17-25)37-5-2)31(35)28-8-6-7-9-29(28)32/h6-21H,4-5H2,1-3H3. The molecule has 1 amide bonds. The predicted molar refractivity (Wildman–Crippen MR) is 151 cm³/mol. The van der Waals surface area contributed by atoms with Crippen LogP contribution in [-0.2, 0) is 0 Å². The Labute approximate surface area is 223 Å². The molecule has 0 aromatic heterocycles. The number of amidine groups is 1. The normalized spacial score (nSPS) is 11.2. The minimum atomic E-state index is -0.292. The maximum atomic E-state index is 14.1. The first-order chi connectivity index (χ1) is 18.0. The number of halogens is 1. The molecule has 0 spiro atoms. The van der Waals surface area contributed by atoms with Gasteiger partial charge in [0.1, 0.15) is 17.3 Å². The molecule has 0 aliphatic rings. The largest absolute Gasteiger partial charge is 0.494 e. The van der Waals surface area contributed by atoms with E-state index in [1.165, 1.54) is 0 Å².